The van der Waals surface area contributed by atoms with Gasteiger partial charge in [-0.15, -0.1) is 11.8 Å². The van der Waals surface area contributed by atoms with Gasteiger partial charge >= 0.3 is 0 Å². The highest BCUT2D eigenvalue weighted by molar-refractivity contribution is 8.00. The van der Waals surface area contributed by atoms with Crippen LogP contribution >= 0.6 is 11.8 Å². The number of hydrogen-bond donors (Lipinski definition) is 2. The van der Waals surface area contributed by atoms with Crippen LogP contribution in [0.2, 0.25) is 0 Å². The van der Waals surface area contributed by atoms with Crippen molar-refractivity contribution in [1.82, 2.24) is 0 Å². The average Bonchev–Trinajstić information content (AvgIpc) is 3.01. The second kappa shape index (κ2) is 7.32. The molecule has 0 aromatic heterocycles. The van der Waals surface area contributed by atoms with Crippen LogP contribution in [0, 0.1) is 5.41 Å². The maximum atomic E-state index is 12.5. The minimum atomic E-state index is -0.495. The Bertz CT molecular complexity index is 479. The van der Waals surface area contributed by atoms with Gasteiger partial charge in [-0.1, -0.05) is 31.9 Å². The summed E-state index contributed by atoms with van der Waals surface area (Å²) in [7, 11) is 0. The van der Waals surface area contributed by atoms with Crippen molar-refractivity contribution < 1.29 is 4.79 Å². The van der Waals surface area contributed by atoms with Gasteiger partial charge in [0.1, 0.15) is 0 Å². The molecule has 1 aromatic carbocycles. The number of anilines is 1. The Hall–Kier alpha value is -1.00. The molecule has 0 bridgehead atoms. The van der Waals surface area contributed by atoms with Crippen LogP contribution in [-0.2, 0) is 4.79 Å². The number of nitrogens with two attached hydrogens (primary N) is 1. The van der Waals surface area contributed by atoms with Crippen LogP contribution in [0.25, 0.3) is 0 Å². The van der Waals surface area contributed by atoms with Gasteiger partial charge < -0.3 is 11.1 Å². The summed E-state index contributed by atoms with van der Waals surface area (Å²) in [5.74, 6) is 0.0203. The molecule has 21 heavy (non-hydrogen) atoms. The van der Waals surface area contributed by atoms with Gasteiger partial charge in [-0.2, -0.15) is 0 Å². The van der Waals surface area contributed by atoms with Gasteiger partial charge in [0, 0.05) is 16.7 Å². The quantitative estimate of drug-likeness (QED) is 0.834. The number of amides is 1. The summed E-state index contributed by atoms with van der Waals surface area (Å²) in [5.41, 5.74) is 6.20. The largest absolute Gasteiger partial charge is 0.329 e. The fourth-order valence-electron chi connectivity index (χ4n) is 2.53. The molecule has 0 heterocycles. The van der Waals surface area contributed by atoms with Crippen molar-refractivity contribution in [2.75, 3.05) is 11.9 Å². The van der Waals surface area contributed by atoms with Crippen molar-refractivity contribution in [3.63, 3.8) is 0 Å². The lowest BCUT2D eigenvalue weighted by molar-refractivity contribution is -0.124. The van der Waals surface area contributed by atoms with Gasteiger partial charge in [0.15, 0.2) is 0 Å². The minimum absolute atomic E-state index is 0.0203. The monoisotopic (exact) mass is 306 g/mol. The minimum Gasteiger partial charge on any atom is -0.329 e. The topological polar surface area (TPSA) is 55.1 Å². The highest BCUT2D eigenvalue weighted by Gasteiger charge is 2.30. The van der Waals surface area contributed by atoms with Crippen LogP contribution in [0.4, 0.5) is 5.69 Å². The molecule has 2 rings (SSSR count). The van der Waals surface area contributed by atoms with Crippen molar-refractivity contribution in [3.05, 3.63) is 24.3 Å². The van der Waals surface area contributed by atoms with E-state index in [4.69, 9.17) is 5.73 Å². The van der Waals surface area contributed by atoms with E-state index >= 15 is 0 Å². The Labute approximate surface area is 132 Å². The van der Waals surface area contributed by atoms with Crippen LogP contribution < -0.4 is 11.1 Å². The van der Waals surface area contributed by atoms with Gasteiger partial charge in [0.05, 0.1) is 11.1 Å². The Morgan fingerprint density at radius 3 is 2.67 bits per heavy atom. The van der Waals surface area contributed by atoms with Crippen molar-refractivity contribution in [2.45, 2.75) is 56.1 Å². The molecule has 0 radical (unpaired) electrons. The Kier molecular flexibility index (Phi) is 5.71. The fraction of sp³-hybridized carbons (Fsp3) is 0.588. The molecule has 1 fully saturated rings. The number of para-hydroxylation sites is 1. The van der Waals surface area contributed by atoms with Gasteiger partial charge in [0.25, 0.3) is 0 Å². The van der Waals surface area contributed by atoms with E-state index in [1.165, 1.54) is 30.6 Å². The summed E-state index contributed by atoms with van der Waals surface area (Å²) in [6, 6.07) is 8.10. The number of nitrogens with one attached hydrogen (secondary N) is 1. The number of benzene rings is 1. The smallest absolute Gasteiger partial charge is 0.231 e. The summed E-state index contributed by atoms with van der Waals surface area (Å²) in [4.78, 5) is 13.7. The summed E-state index contributed by atoms with van der Waals surface area (Å²) >= 11 is 1.90. The lowest BCUT2D eigenvalue weighted by Gasteiger charge is -2.25. The van der Waals surface area contributed by atoms with E-state index in [1.54, 1.807) is 0 Å². The van der Waals surface area contributed by atoms with E-state index in [0.717, 1.165) is 12.1 Å². The number of rotatable bonds is 6. The zero-order chi connectivity index (χ0) is 15.3. The fourth-order valence-corrected chi connectivity index (χ4v) is 3.86. The third kappa shape index (κ3) is 4.01. The maximum absolute atomic E-state index is 12.5. The van der Waals surface area contributed by atoms with Crippen molar-refractivity contribution in [1.29, 1.82) is 0 Å². The molecule has 0 spiro atoms. The zero-order valence-corrected chi connectivity index (χ0v) is 13.8. The first-order valence-electron chi connectivity index (χ1n) is 7.86. The van der Waals surface area contributed by atoms with E-state index in [2.05, 4.69) is 11.4 Å². The molecule has 1 aromatic rings. The third-order valence-electron chi connectivity index (χ3n) is 4.51. The molecule has 4 heteroatoms. The van der Waals surface area contributed by atoms with Crippen LogP contribution in [-0.4, -0.2) is 17.7 Å². The summed E-state index contributed by atoms with van der Waals surface area (Å²) in [6.45, 7) is 4.30. The SMILES string of the molecule is CCC(C)(CN)C(=O)Nc1ccccc1SC1CCCC1. The average molecular weight is 306 g/mol. The van der Waals surface area contributed by atoms with E-state index in [-0.39, 0.29) is 5.91 Å². The predicted octanol–water partition coefficient (Wildman–Crippen LogP) is 4.03. The second-order valence-corrected chi connectivity index (χ2v) is 7.44. The van der Waals surface area contributed by atoms with Crippen LogP contribution in [0.5, 0.6) is 0 Å². The summed E-state index contributed by atoms with van der Waals surface area (Å²) in [6.07, 6.45) is 5.96. The first-order chi connectivity index (χ1) is 10.1. The summed E-state index contributed by atoms with van der Waals surface area (Å²) in [5, 5.41) is 3.78. The first-order valence-corrected chi connectivity index (χ1v) is 8.74. The molecule has 1 aliphatic carbocycles. The predicted molar refractivity (Wildman–Crippen MR) is 90.6 cm³/mol. The first kappa shape index (κ1) is 16.4. The van der Waals surface area contributed by atoms with E-state index in [0.29, 0.717) is 11.8 Å². The molecule has 1 unspecified atom stereocenters. The Morgan fingerprint density at radius 2 is 2.05 bits per heavy atom. The molecule has 116 valence electrons. The lowest BCUT2D eigenvalue weighted by atomic mass is 9.86. The van der Waals surface area contributed by atoms with Crippen molar-refractivity contribution >= 4 is 23.4 Å². The highest BCUT2D eigenvalue weighted by Crippen LogP contribution is 2.38. The van der Waals surface area contributed by atoms with Crippen LogP contribution in [0.1, 0.15) is 46.0 Å². The lowest BCUT2D eigenvalue weighted by Crippen LogP contribution is -2.39. The van der Waals surface area contributed by atoms with E-state index in [9.17, 15) is 4.79 Å². The molecule has 1 aliphatic rings. The molecule has 0 saturated heterocycles. The zero-order valence-electron chi connectivity index (χ0n) is 13.0. The van der Waals surface area contributed by atoms with E-state index < -0.39 is 5.41 Å². The normalized spacial score (nSPS) is 18.4. The Morgan fingerprint density at radius 1 is 1.38 bits per heavy atom. The van der Waals surface area contributed by atoms with Crippen molar-refractivity contribution in [3.8, 4) is 0 Å². The number of thioether (sulfide) groups is 1. The summed E-state index contributed by atoms with van der Waals surface area (Å²) < 4.78 is 0. The standard InChI is InChI=1S/C17H26N2OS/c1-3-17(2,12-18)16(20)19-14-10-6-7-11-15(14)21-13-8-4-5-9-13/h6-7,10-11,13H,3-5,8-9,12,18H2,1-2H3,(H,19,20). The molecule has 1 atom stereocenters. The molecule has 1 saturated carbocycles. The number of carbonyl (C=O) groups excluding carboxylic acids is 1. The van der Waals surface area contributed by atoms with Crippen LogP contribution in [0.15, 0.2) is 29.2 Å². The van der Waals surface area contributed by atoms with Gasteiger partial charge in [0.2, 0.25) is 5.91 Å². The number of carbonyl (C=O) groups is 1. The van der Waals surface area contributed by atoms with Gasteiger partial charge in [-0.25, -0.2) is 0 Å². The molecular formula is C17H26N2OS. The highest BCUT2D eigenvalue weighted by atomic mass is 32.2. The van der Waals surface area contributed by atoms with Crippen molar-refractivity contribution in [2.24, 2.45) is 11.1 Å². The molecule has 0 aliphatic heterocycles. The van der Waals surface area contributed by atoms with E-state index in [1.807, 2.05) is 43.8 Å². The van der Waals surface area contributed by atoms with Crippen LogP contribution in [0.3, 0.4) is 0 Å². The molecular weight excluding hydrogens is 280 g/mol. The van der Waals surface area contributed by atoms with Gasteiger partial charge in [-0.3, -0.25) is 4.79 Å². The molecule has 1 amide bonds. The third-order valence-corrected chi connectivity index (χ3v) is 5.92. The Balaban J connectivity index is 2.10. The molecule has 3 N–H and O–H groups in total. The maximum Gasteiger partial charge on any atom is 0.231 e. The second-order valence-electron chi connectivity index (χ2n) is 6.09. The van der Waals surface area contributed by atoms with Gasteiger partial charge in [-0.05, 0) is 38.3 Å². The molecule has 3 nitrogen and oxygen atoms in total. The number of hydrogen-bond acceptors (Lipinski definition) is 3.